The Labute approximate surface area is 137 Å². The van der Waals surface area contributed by atoms with Crippen LogP contribution in [0.15, 0.2) is 12.3 Å². The Balaban J connectivity index is 1.61. The summed E-state index contributed by atoms with van der Waals surface area (Å²) in [5.41, 5.74) is 1.10. The Bertz CT molecular complexity index is 525. The molecule has 0 atom stereocenters. The third kappa shape index (κ3) is 3.90. The minimum absolute atomic E-state index is 0.264. The van der Waals surface area contributed by atoms with Gasteiger partial charge in [-0.15, -0.1) is 5.10 Å². The van der Waals surface area contributed by atoms with Crippen molar-refractivity contribution in [2.45, 2.75) is 19.8 Å². The van der Waals surface area contributed by atoms with Gasteiger partial charge < -0.3 is 19.4 Å². The lowest BCUT2D eigenvalue weighted by atomic mass is 10.2. The summed E-state index contributed by atoms with van der Waals surface area (Å²) in [6.45, 7) is 8.51. The molecule has 2 aliphatic rings. The molecule has 0 spiro atoms. The molecule has 0 aliphatic carbocycles. The predicted molar refractivity (Wildman–Crippen MR) is 88.8 cm³/mol. The first-order valence-corrected chi connectivity index (χ1v) is 8.46. The number of ether oxygens (including phenoxy) is 1. The Hall–Kier alpha value is -1.89. The standard InChI is InChI=1S/C16H25N5O2/c1-2-3-16(22)21-6-4-20(5-7-21)15-12-14(13-17-18-15)19-8-10-23-11-9-19/h12-13H,2-11H2,1H3. The van der Waals surface area contributed by atoms with Crippen molar-refractivity contribution in [1.82, 2.24) is 15.1 Å². The van der Waals surface area contributed by atoms with Gasteiger partial charge >= 0.3 is 0 Å². The molecule has 126 valence electrons. The SMILES string of the molecule is CCCC(=O)N1CCN(c2cc(N3CCOCC3)cnn2)CC1. The second kappa shape index (κ2) is 7.59. The van der Waals surface area contributed by atoms with E-state index in [1.165, 1.54) is 0 Å². The lowest BCUT2D eigenvalue weighted by Gasteiger charge is -2.36. The fourth-order valence-electron chi connectivity index (χ4n) is 3.05. The second-order valence-corrected chi connectivity index (χ2v) is 5.99. The van der Waals surface area contributed by atoms with E-state index in [0.717, 1.165) is 70.4 Å². The molecule has 1 aromatic rings. The number of carbonyl (C=O) groups is 1. The van der Waals surface area contributed by atoms with Crippen molar-refractivity contribution in [3.63, 3.8) is 0 Å². The molecule has 2 fully saturated rings. The zero-order chi connectivity index (χ0) is 16.1. The number of aromatic nitrogens is 2. The number of anilines is 2. The van der Waals surface area contributed by atoms with E-state index in [2.05, 4.69) is 26.1 Å². The summed E-state index contributed by atoms with van der Waals surface area (Å²) in [6, 6.07) is 2.10. The first kappa shape index (κ1) is 16.0. The van der Waals surface area contributed by atoms with Gasteiger partial charge in [-0.3, -0.25) is 4.79 Å². The summed E-state index contributed by atoms with van der Waals surface area (Å²) in [5, 5.41) is 8.44. The van der Waals surface area contributed by atoms with Crippen LogP contribution in [0.3, 0.4) is 0 Å². The van der Waals surface area contributed by atoms with Crippen molar-refractivity contribution in [1.29, 1.82) is 0 Å². The van der Waals surface area contributed by atoms with Crippen LogP contribution >= 0.6 is 0 Å². The van der Waals surface area contributed by atoms with Gasteiger partial charge in [0, 0.05) is 51.8 Å². The summed E-state index contributed by atoms with van der Waals surface area (Å²) in [7, 11) is 0. The molecule has 0 bridgehead atoms. The number of nitrogens with zero attached hydrogens (tertiary/aromatic N) is 5. The van der Waals surface area contributed by atoms with Crippen LogP contribution in [0.25, 0.3) is 0 Å². The van der Waals surface area contributed by atoms with Gasteiger partial charge in [0.2, 0.25) is 5.91 Å². The maximum atomic E-state index is 12.0. The van der Waals surface area contributed by atoms with E-state index in [0.29, 0.717) is 6.42 Å². The number of carbonyl (C=O) groups excluding carboxylic acids is 1. The molecule has 0 unspecified atom stereocenters. The van der Waals surface area contributed by atoms with Crippen molar-refractivity contribution in [2.24, 2.45) is 0 Å². The first-order valence-electron chi connectivity index (χ1n) is 8.46. The third-order valence-electron chi connectivity index (χ3n) is 4.42. The predicted octanol–water partition coefficient (Wildman–Crippen LogP) is 0.762. The highest BCUT2D eigenvalue weighted by Crippen LogP contribution is 2.21. The summed E-state index contributed by atoms with van der Waals surface area (Å²) >= 11 is 0. The molecule has 23 heavy (non-hydrogen) atoms. The highest BCUT2D eigenvalue weighted by atomic mass is 16.5. The summed E-state index contributed by atoms with van der Waals surface area (Å²) in [5.74, 6) is 1.16. The number of hydrogen-bond acceptors (Lipinski definition) is 6. The summed E-state index contributed by atoms with van der Waals surface area (Å²) in [6.07, 6.45) is 3.37. The van der Waals surface area contributed by atoms with E-state index in [9.17, 15) is 4.79 Å². The molecule has 0 aromatic carbocycles. The number of piperazine rings is 1. The summed E-state index contributed by atoms with van der Waals surface area (Å²) < 4.78 is 5.40. The van der Waals surface area contributed by atoms with Crippen molar-refractivity contribution >= 4 is 17.4 Å². The van der Waals surface area contributed by atoms with Gasteiger partial charge in [0.25, 0.3) is 0 Å². The maximum absolute atomic E-state index is 12.0. The minimum atomic E-state index is 0.264. The number of hydrogen-bond donors (Lipinski definition) is 0. The van der Waals surface area contributed by atoms with E-state index >= 15 is 0 Å². The zero-order valence-electron chi connectivity index (χ0n) is 13.8. The van der Waals surface area contributed by atoms with E-state index in [1.54, 1.807) is 0 Å². The van der Waals surface area contributed by atoms with Gasteiger partial charge in [-0.25, -0.2) is 0 Å². The monoisotopic (exact) mass is 319 g/mol. The number of rotatable bonds is 4. The lowest BCUT2D eigenvalue weighted by molar-refractivity contribution is -0.131. The van der Waals surface area contributed by atoms with Crippen molar-refractivity contribution < 1.29 is 9.53 Å². The minimum Gasteiger partial charge on any atom is -0.378 e. The van der Waals surface area contributed by atoms with Crippen LogP contribution in [0.1, 0.15) is 19.8 Å². The maximum Gasteiger partial charge on any atom is 0.222 e. The molecule has 0 radical (unpaired) electrons. The van der Waals surface area contributed by atoms with Gasteiger partial charge in [0.1, 0.15) is 0 Å². The van der Waals surface area contributed by atoms with E-state index in [1.807, 2.05) is 18.0 Å². The Morgan fingerprint density at radius 3 is 2.57 bits per heavy atom. The van der Waals surface area contributed by atoms with Gasteiger partial charge in [-0.2, -0.15) is 5.10 Å². The van der Waals surface area contributed by atoms with E-state index < -0.39 is 0 Å². The lowest BCUT2D eigenvalue weighted by Crippen LogP contribution is -2.49. The summed E-state index contributed by atoms with van der Waals surface area (Å²) in [4.78, 5) is 18.4. The normalized spacial score (nSPS) is 19.1. The molecular weight excluding hydrogens is 294 g/mol. The van der Waals surface area contributed by atoms with E-state index in [-0.39, 0.29) is 5.91 Å². The molecule has 3 rings (SSSR count). The number of morpholine rings is 1. The average Bonchev–Trinajstić information content (AvgIpc) is 2.63. The van der Waals surface area contributed by atoms with Crippen LogP contribution < -0.4 is 9.80 Å². The second-order valence-electron chi connectivity index (χ2n) is 5.99. The van der Waals surface area contributed by atoms with Crippen LogP contribution in [-0.4, -0.2) is 73.5 Å². The van der Waals surface area contributed by atoms with E-state index in [4.69, 9.17) is 4.74 Å². The van der Waals surface area contributed by atoms with Gasteiger partial charge in [0.15, 0.2) is 5.82 Å². The van der Waals surface area contributed by atoms with Crippen LogP contribution in [-0.2, 0) is 9.53 Å². The molecular formula is C16H25N5O2. The van der Waals surface area contributed by atoms with Crippen LogP contribution in [0.2, 0.25) is 0 Å². The zero-order valence-corrected chi connectivity index (χ0v) is 13.8. The quantitative estimate of drug-likeness (QED) is 0.817. The molecule has 3 heterocycles. The van der Waals surface area contributed by atoms with Gasteiger partial charge in [-0.1, -0.05) is 6.92 Å². The topological polar surface area (TPSA) is 61.8 Å². The third-order valence-corrected chi connectivity index (χ3v) is 4.42. The molecule has 2 aliphatic heterocycles. The largest absolute Gasteiger partial charge is 0.378 e. The molecule has 1 amide bonds. The van der Waals surface area contributed by atoms with Crippen LogP contribution in [0.4, 0.5) is 11.5 Å². The van der Waals surface area contributed by atoms with Crippen LogP contribution in [0.5, 0.6) is 0 Å². The smallest absolute Gasteiger partial charge is 0.222 e. The molecule has 7 nitrogen and oxygen atoms in total. The van der Waals surface area contributed by atoms with Gasteiger partial charge in [-0.05, 0) is 6.42 Å². The first-order chi connectivity index (χ1) is 11.3. The van der Waals surface area contributed by atoms with Gasteiger partial charge in [0.05, 0.1) is 25.1 Å². The van der Waals surface area contributed by atoms with Crippen molar-refractivity contribution in [3.05, 3.63) is 12.3 Å². The number of amides is 1. The molecule has 2 saturated heterocycles. The molecule has 1 aromatic heterocycles. The van der Waals surface area contributed by atoms with Crippen LogP contribution in [0, 0.1) is 0 Å². The Kier molecular flexibility index (Phi) is 5.27. The highest BCUT2D eigenvalue weighted by Gasteiger charge is 2.22. The Morgan fingerprint density at radius 1 is 1.13 bits per heavy atom. The highest BCUT2D eigenvalue weighted by molar-refractivity contribution is 5.76. The fourth-order valence-corrected chi connectivity index (χ4v) is 3.05. The van der Waals surface area contributed by atoms with Crippen molar-refractivity contribution in [2.75, 3.05) is 62.3 Å². The molecule has 7 heteroatoms. The Morgan fingerprint density at radius 2 is 1.87 bits per heavy atom. The molecule has 0 N–H and O–H groups in total. The average molecular weight is 319 g/mol. The van der Waals surface area contributed by atoms with Crippen molar-refractivity contribution in [3.8, 4) is 0 Å². The fraction of sp³-hybridized carbons (Fsp3) is 0.688. The molecule has 0 saturated carbocycles.